The van der Waals surface area contributed by atoms with E-state index in [0.29, 0.717) is 19.0 Å². The minimum absolute atomic E-state index is 0.262. The van der Waals surface area contributed by atoms with Gasteiger partial charge < -0.3 is 11.1 Å². The monoisotopic (exact) mass is 284 g/mol. The maximum atomic E-state index is 11.4. The fourth-order valence-electron chi connectivity index (χ4n) is 2.37. The van der Waals surface area contributed by atoms with Gasteiger partial charge in [0.1, 0.15) is 0 Å². The van der Waals surface area contributed by atoms with E-state index in [2.05, 4.69) is 22.5 Å². The van der Waals surface area contributed by atoms with E-state index in [0.717, 1.165) is 24.0 Å². The Hall–Kier alpha value is -2.14. The van der Waals surface area contributed by atoms with Gasteiger partial charge >= 0.3 is 0 Å². The summed E-state index contributed by atoms with van der Waals surface area (Å²) >= 11 is 0. The van der Waals surface area contributed by atoms with E-state index < -0.39 is 0 Å². The van der Waals surface area contributed by atoms with E-state index in [4.69, 9.17) is 5.73 Å². The number of amides is 1. The zero-order chi connectivity index (χ0) is 14.7. The van der Waals surface area contributed by atoms with E-state index in [1.807, 2.05) is 35.3 Å². The third-order valence-electron chi connectivity index (χ3n) is 3.74. The number of hydrogen-bond acceptors (Lipinski definition) is 3. The Morgan fingerprint density at radius 2 is 2.10 bits per heavy atom. The second-order valence-electron chi connectivity index (χ2n) is 5.54. The lowest BCUT2D eigenvalue weighted by Gasteiger charge is -2.14. The molecule has 1 aliphatic rings. The van der Waals surface area contributed by atoms with Crippen molar-refractivity contribution in [1.29, 1.82) is 0 Å². The lowest BCUT2D eigenvalue weighted by atomic mass is 10.1. The molecule has 21 heavy (non-hydrogen) atoms. The summed E-state index contributed by atoms with van der Waals surface area (Å²) in [5.41, 5.74) is 7.67. The molecule has 110 valence electrons. The van der Waals surface area contributed by atoms with Crippen molar-refractivity contribution in [3.63, 3.8) is 0 Å². The summed E-state index contributed by atoms with van der Waals surface area (Å²) in [4.78, 5) is 11.4. The Bertz CT molecular complexity index is 604. The first kappa shape index (κ1) is 13.8. The van der Waals surface area contributed by atoms with E-state index in [1.165, 1.54) is 0 Å². The Morgan fingerprint density at radius 3 is 2.76 bits per heavy atom. The quantitative estimate of drug-likeness (QED) is 0.810. The van der Waals surface area contributed by atoms with Crippen molar-refractivity contribution in [1.82, 2.24) is 15.1 Å². The van der Waals surface area contributed by atoms with Crippen LogP contribution in [0.3, 0.4) is 0 Å². The van der Waals surface area contributed by atoms with Crippen molar-refractivity contribution in [2.45, 2.75) is 37.9 Å². The zero-order valence-electron chi connectivity index (χ0n) is 11.9. The highest BCUT2D eigenvalue weighted by Gasteiger charge is 2.26. The van der Waals surface area contributed by atoms with Gasteiger partial charge in [0.2, 0.25) is 5.91 Å². The topological polar surface area (TPSA) is 72.9 Å². The molecule has 1 amide bonds. The number of primary amides is 1. The third-order valence-corrected chi connectivity index (χ3v) is 3.74. The Balaban J connectivity index is 1.60. The molecule has 1 aromatic carbocycles. The summed E-state index contributed by atoms with van der Waals surface area (Å²) in [5.74, 6) is -0.280. The van der Waals surface area contributed by atoms with Crippen LogP contribution in [0.5, 0.6) is 0 Å². The van der Waals surface area contributed by atoms with Crippen molar-refractivity contribution in [3.8, 4) is 11.1 Å². The van der Waals surface area contributed by atoms with Crippen LogP contribution in [0, 0.1) is 0 Å². The Morgan fingerprint density at radius 1 is 1.33 bits per heavy atom. The number of aryl methyl sites for hydroxylation is 1. The minimum atomic E-state index is -0.280. The molecule has 1 aliphatic carbocycles. The van der Waals surface area contributed by atoms with Gasteiger partial charge in [0.25, 0.3) is 0 Å². The number of carbonyl (C=O) groups is 1. The summed E-state index contributed by atoms with van der Waals surface area (Å²) < 4.78 is 1.87. The fraction of sp³-hybridized carbons (Fsp3) is 0.375. The lowest BCUT2D eigenvalue weighted by molar-refractivity contribution is -0.120. The van der Waals surface area contributed by atoms with Gasteiger partial charge in [-0.1, -0.05) is 30.3 Å². The molecular formula is C16H20N4O. The van der Waals surface area contributed by atoms with E-state index in [9.17, 15) is 4.79 Å². The van der Waals surface area contributed by atoms with Gasteiger partial charge in [-0.2, -0.15) is 5.10 Å². The average Bonchev–Trinajstić information content (AvgIpc) is 3.19. The molecule has 3 N–H and O–H groups in total. The van der Waals surface area contributed by atoms with Crippen LogP contribution >= 0.6 is 0 Å². The summed E-state index contributed by atoms with van der Waals surface area (Å²) in [6.45, 7) is 0.681. The van der Waals surface area contributed by atoms with Crippen LogP contribution in [0.15, 0.2) is 42.7 Å². The van der Waals surface area contributed by atoms with Crippen LogP contribution in [-0.4, -0.2) is 27.8 Å². The first-order chi connectivity index (χ1) is 10.2. The van der Waals surface area contributed by atoms with Gasteiger partial charge in [-0.25, -0.2) is 0 Å². The number of carbonyl (C=O) groups excluding carboxylic acids is 1. The molecule has 1 aromatic heterocycles. The van der Waals surface area contributed by atoms with Crippen LogP contribution in [0.25, 0.3) is 11.1 Å². The molecule has 1 unspecified atom stereocenters. The largest absolute Gasteiger partial charge is 0.368 e. The third kappa shape index (κ3) is 3.70. The molecule has 0 spiro atoms. The molecule has 5 nitrogen and oxygen atoms in total. The predicted octanol–water partition coefficient (Wildman–Crippen LogP) is 1.55. The van der Waals surface area contributed by atoms with Gasteiger partial charge in [0, 0.05) is 24.3 Å². The number of nitrogens with two attached hydrogens (primary N) is 1. The first-order valence-corrected chi connectivity index (χ1v) is 7.35. The molecular weight excluding hydrogens is 264 g/mol. The number of hydrogen-bond donors (Lipinski definition) is 2. The number of nitrogens with one attached hydrogen (secondary N) is 1. The summed E-state index contributed by atoms with van der Waals surface area (Å²) in [6.07, 6.45) is 6.81. The normalized spacial score (nSPS) is 15.8. The van der Waals surface area contributed by atoms with Gasteiger partial charge in [0.15, 0.2) is 0 Å². The van der Waals surface area contributed by atoms with Gasteiger partial charge in [-0.05, 0) is 24.8 Å². The Labute approximate surface area is 124 Å². The summed E-state index contributed by atoms with van der Waals surface area (Å²) in [7, 11) is 0. The lowest BCUT2D eigenvalue weighted by Crippen LogP contribution is -2.43. The molecule has 3 rings (SSSR count). The molecule has 2 aromatic rings. The second-order valence-corrected chi connectivity index (χ2v) is 5.54. The van der Waals surface area contributed by atoms with Crippen LogP contribution in [0.1, 0.15) is 19.3 Å². The van der Waals surface area contributed by atoms with Crippen LogP contribution in [0.4, 0.5) is 0 Å². The Kier molecular flexibility index (Phi) is 4.01. The zero-order valence-corrected chi connectivity index (χ0v) is 11.9. The SMILES string of the molecule is NC(=O)C(CCn1cc(-c2ccccc2)cn1)NC1CC1. The number of aromatic nitrogens is 2. The second kappa shape index (κ2) is 6.10. The summed E-state index contributed by atoms with van der Waals surface area (Å²) in [5, 5.41) is 7.64. The maximum absolute atomic E-state index is 11.4. The predicted molar refractivity (Wildman–Crippen MR) is 81.4 cm³/mol. The molecule has 1 atom stereocenters. The van der Waals surface area contributed by atoms with E-state index in [1.54, 1.807) is 0 Å². The number of benzene rings is 1. The molecule has 1 fully saturated rings. The molecule has 0 aliphatic heterocycles. The van der Waals surface area contributed by atoms with Gasteiger partial charge in [0.05, 0.1) is 12.2 Å². The van der Waals surface area contributed by atoms with Crippen LogP contribution in [0.2, 0.25) is 0 Å². The number of nitrogens with zero attached hydrogens (tertiary/aromatic N) is 2. The van der Waals surface area contributed by atoms with Crippen molar-refractivity contribution in [2.75, 3.05) is 0 Å². The van der Waals surface area contributed by atoms with Crippen molar-refractivity contribution in [3.05, 3.63) is 42.7 Å². The highest BCUT2D eigenvalue weighted by molar-refractivity contribution is 5.79. The standard InChI is InChI=1S/C16H20N4O/c17-16(21)15(19-14-6-7-14)8-9-20-11-13(10-18-20)12-4-2-1-3-5-12/h1-5,10-11,14-15,19H,6-9H2,(H2,17,21). The molecule has 1 heterocycles. The minimum Gasteiger partial charge on any atom is -0.368 e. The van der Waals surface area contributed by atoms with Gasteiger partial charge in [-0.3, -0.25) is 9.48 Å². The smallest absolute Gasteiger partial charge is 0.234 e. The van der Waals surface area contributed by atoms with Crippen molar-refractivity contribution in [2.24, 2.45) is 5.73 Å². The van der Waals surface area contributed by atoms with Crippen LogP contribution < -0.4 is 11.1 Å². The molecule has 0 bridgehead atoms. The molecule has 0 saturated heterocycles. The highest BCUT2D eigenvalue weighted by atomic mass is 16.1. The highest BCUT2D eigenvalue weighted by Crippen LogP contribution is 2.20. The van der Waals surface area contributed by atoms with Crippen LogP contribution in [-0.2, 0) is 11.3 Å². The van der Waals surface area contributed by atoms with E-state index in [-0.39, 0.29) is 11.9 Å². The maximum Gasteiger partial charge on any atom is 0.234 e. The fourth-order valence-corrected chi connectivity index (χ4v) is 2.37. The first-order valence-electron chi connectivity index (χ1n) is 7.35. The average molecular weight is 284 g/mol. The summed E-state index contributed by atoms with van der Waals surface area (Å²) in [6, 6.07) is 10.3. The molecule has 0 radical (unpaired) electrons. The molecule has 5 heteroatoms. The van der Waals surface area contributed by atoms with Gasteiger partial charge in [-0.15, -0.1) is 0 Å². The molecule has 1 saturated carbocycles. The van der Waals surface area contributed by atoms with E-state index >= 15 is 0 Å². The van der Waals surface area contributed by atoms with Crippen molar-refractivity contribution < 1.29 is 4.79 Å². The van der Waals surface area contributed by atoms with Crippen molar-refractivity contribution >= 4 is 5.91 Å². The number of rotatable bonds is 7.